The number of hydrogen-bond acceptors (Lipinski definition) is 4. The van der Waals surface area contributed by atoms with Crippen molar-refractivity contribution in [1.29, 1.82) is 0 Å². The van der Waals surface area contributed by atoms with Gasteiger partial charge in [0.2, 0.25) is 0 Å². The van der Waals surface area contributed by atoms with Gasteiger partial charge in [0.05, 0.1) is 11.6 Å². The van der Waals surface area contributed by atoms with E-state index in [1.54, 1.807) is 0 Å². The zero-order valence-corrected chi connectivity index (χ0v) is 14.8. The summed E-state index contributed by atoms with van der Waals surface area (Å²) in [5, 5.41) is 3.83. The summed E-state index contributed by atoms with van der Waals surface area (Å²) >= 11 is 0. The first-order valence-corrected chi connectivity index (χ1v) is 9.78. The molecule has 2 atom stereocenters. The number of halogens is 1. The van der Waals surface area contributed by atoms with Crippen LogP contribution in [0.4, 0.5) is 4.48 Å². The third-order valence-corrected chi connectivity index (χ3v) is 6.36. The molecule has 1 saturated heterocycles. The van der Waals surface area contributed by atoms with Gasteiger partial charge in [-0.05, 0) is 61.9 Å². The van der Waals surface area contributed by atoms with Crippen LogP contribution in [-0.4, -0.2) is 47.0 Å². The fourth-order valence-corrected chi connectivity index (χ4v) is 4.40. The molecular weight excluding hydrogens is 333 g/mol. The number of amides is 1. The third-order valence-electron chi connectivity index (χ3n) is 6.36. The fourth-order valence-electron chi connectivity index (χ4n) is 4.40. The van der Waals surface area contributed by atoms with E-state index in [1.807, 2.05) is 24.3 Å². The molecule has 0 spiro atoms. The summed E-state index contributed by atoms with van der Waals surface area (Å²) in [6.07, 6.45) is 7.24. The predicted molar refractivity (Wildman–Crippen MR) is 95.4 cm³/mol. The van der Waals surface area contributed by atoms with Gasteiger partial charge in [-0.3, -0.25) is 4.79 Å². The third kappa shape index (κ3) is 2.90. The van der Waals surface area contributed by atoms with E-state index in [0.717, 1.165) is 43.3 Å². The minimum atomic E-state index is -0.507. The van der Waals surface area contributed by atoms with Crippen LogP contribution < -0.4 is 4.74 Å². The predicted octanol–water partition coefficient (Wildman–Crippen LogP) is 3.15. The lowest BCUT2D eigenvalue weighted by Gasteiger charge is -2.41. The van der Waals surface area contributed by atoms with Crippen LogP contribution in [0.25, 0.3) is 0 Å². The Morgan fingerprint density at radius 1 is 1.04 bits per heavy atom. The molecular formula is C20H24FN3O2. The Labute approximate surface area is 152 Å². The summed E-state index contributed by atoms with van der Waals surface area (Å²) in [5.74, 6) is 0.209. The number of carbonyl (C=O) groups excluding carboxylic acids is 1. The summed E-state index contributed by atoms with van der Waals surface area (Å²) in [7, 11) is 0. The van der Waals surface area contributed by atoms with Crippen molar-refractivity contribution in [3.8, 4) is 5.75 Å². The van der Waals surface area contributed by atoms with Gasteiger partial charge in [0.1, 0.15) is 11.9 Å². The quantitative estimate of drug-likeness (QED) is 0.778. The molecule has 2 unspecified atom stereocenters. The van der Waals surface area contributed by atoms with E-state index in [1.165, 1.54) is 19.3 Å². The Kier molecular flexibility index (Phi) is 3.96. The topological polar surface area (TPSA) is 45.1 Å². The standard InChI is InChI=1S/C20H24FN3O2/c21-24-20(25)18-12-17(18)19(22-24)13-4-6-15(7-5-13)26-16-8-10-23(11-9-16)14-2-1-3-14/h4-7,14,16-18H,1-3,8-12H2. The first-order valence-electron chi connectivity index (χ1n) is 9.78. The van der Waals surface area contributed by atoms with Crippen LogP contribution >= 0.6 is 0 Å². The number of benzene rings is 1. The van der Waals surface area contributed by atoms with Gasteiger partial charge in [0.15, 0.2) is 0 Å². The van der Waals surface area contributed by atoms with E-state index in [9.17, 15) is 9.28 Å². The average molecular weight is 357 g/mol. The van der Waals surface area contributed by atoms with Gasteiger partial charge in [0, 0.05) is 25.0 Å². The lowest BCUT2D eigenvalue weighted by molar-refractivity contribution is -0.149. The molecule has 0 N–H and O–H groups in total. The van der Waals surface area contributed by atoms with E-state index in [0.29, 0.717) is 12.1 Å². The molecule has 2 aliphatic carbocycles. The molecule has 0 radical (unpaired) electrons. The van der Waals surface area contributed by atoms with E-state index in [4.69, 9.17) is 4.74 Å². The number of rotatable bonds is 4. The number of likely N-dealkylation sites (tertiary alicyclic amines) is 1. The zero-order valence-electron chi connectivity index (χ0n) is 14.8. The molecule has 4 aliphatic rings. The van der Waals surface area contributed by atoms with Crippen LogP contribution in [0.5, 0.6) is 5.75 Å². The molecule has 1 amide bonds. The molecule has 2 saturated carbocycles. The van der Waals surface area contributed by atoms with Gasteiger partial charge in [-0.2, -0.15) is 0 Å². The van der Waals surface area contributed by atoms with Gasteiger partial charge < -0.3 is 9.64 Å². The number of hydrazone groups is 1. The molecule has 5 nitrogen and oxygen atoms in total. The highest BCUT2D eigenvalue weighted by molar-refractivity contribution is 6.09. The second kappa shape index (κ2) is 6.34. The highest BCUT2D eigenvalue weighted by Crippen LogP contribution is 2.45. The van der Waals surface area contributed by atoms with Crippen LogP contribution in [0, 0.1) is 11.8 Å². The van der Waals surface area contributed by atoms with Crippen LogP contribution in [0.2, 0.25) is 0 Å². The second-order valence-electron chi connectivity index (χ2n) is 7.99. The summed E-state index contributed by atoms with van der Waals surface area (Å²) in [4.78, 5) is 14.1. The highest BCUT2D eigenvalue weighted by Gasteiger charge is 2.52. The minimum Gasteiger partial charge on any atom is -0.490 e. The summed E-state index contributed by atoms with van der Waals surface area (Å²) in [5.41, 5.74) is 1.55. The number of fused-ring (bicyclic) bond motifs is 1. The van der Waals surface area contributed by atoms with E-state index < -0.39 is 5.91 Å². The van der Waals surface area contributed by atoms with Crippen molar-refractivity contribution in [1.82, 2.24) is 10.1 Å². The van der Waals surface area contributed by atoms with E-state index in [2.05, 4.69) is 10.0 Å². The molecule has 0 bridgehead atoms. The van der Waals surface area contributed by atoms with Crippen LogP contribution in [0.1, 0.15) is 44.1 Å². The monoisotopic (exact) mass is 357 g/mol. The van der Waals surface area contributed by atoms with E-state index >= 15 is 0 Å². The first kappa shape index (κ1) is 16.2. The number of ether oxygens (including phenoxy) is 1. The van der Waals surface area contributed by atoms with Crippen molar-refractivity contribution in [3.05, 3.63) is 29.8 Å². The maximum absolute atomic E-state index is 13.6. The van der Waals surface area contributed by atoms with Crippen molar-refractivity contribution >= 4 is 11.6 Å². The van der Waals surface area contributed by atoms with Crippen molar-refractivity contribution in [2.75, 3.05) is 13.1 Å². The molecule has 1 aromatic rings. The van der Waals surface area contributed by atoms with Gasteiger partial charge in [-0.15, -0.1) is 5.10 Å². The molecule has 2 heterocycles. The molecule has 5 rings (SSSR count). The fraction of sp³-hybridized carbons (Fsp3) is 0.600. The number of carbonyl (C=O) groups is 1. The largest absolute Gasteiger partial charge is 0.490 e. The van der Waals surface area contributed by atoms with Crippen molar-refractivity contribution in [2.45, 2.75) is 50.7 Å². The number of nitrogens with zero attached hydrogens (tertiary/aromatic N) is 3. The lowest BCUT2D eigenvalue weighted by Crippen LogP contribution is -2.46. The lowest BCUT2D eigenvalue weighted by atomic mass is 9.90. The van der Waals surface area contributed by atoms with Gasteiger partial charge in [-0.1, -0.05) is 16.1 Å². The SMILES string of the molecule is O=C1C2CC2C(c2ccc(OC3CCN(C4CCC4)CC3)cc2)=NN1F. The summed E-state index contributed by atoms with van der Waals surface area (Å²) < 4.78 is 19.7. The maximum Gasteiger partial charge on any atom is 0.277 e. The smallest absolute Gasteiger partial charge is 0.277 e. The summed E-state index contributed by atoms with van der Waals surface area (Å²) in [6, 6.07) is 8.55. The normalized spacial score (nSPS) is 29.8. The van der Waals surface area contributed by atoms with Gasteiger partial charge in [0.25, 0.3) is 5.91 Å². The Hall–Kier alpha value is -1.95. The molecule has 1 aromatic carbocycles. The molecule has 6 heteroatoms. The van der Waals surface area contributed by atoms with E-state index in [-0.39, 0.29) is 23.2 Å². The Balaban J connectivity index is 1.20. The Bertz CT molecular complexity index is 723. The number of hydrogen-bond donors (Lipinski definition) is 0. The maximum atomic E-state index is 13.6. The molecule has 2 aliphatic heterocycles. The van der Waals surface area contributed by atoms with Crippen molar-refractivity contribution in [3.63, 3.8) is 0 Å². The Morgan fingerprint density at radius 2 is 1.77 bits per heavy atom. The van der Waals surface area contributed by atoms with Crippen LogP contribution in [0.15, 0.2) is 29.4 Å². The van der Waals surface area contributed by atoms with Crippen LogP contribution in [0.3, 0.4) is 0 Å². The molecule has 0 aromatic heterocycles. The molecule has 3 fully saturated rings. The molecule has 26 heavy (non-hydrogen) atoms. The van der Waals surface area contributed by atoms with Crippen molar-refractivity contribution in [2.24, 2.45) is 16.9 Å². The van der Waals surface area contributed by atoms with Gasteiger partial charge >= 0.3 is 0 Å². The first-order chi connectivity index (χ1) is 12.7. The average Bonchev–Trinajstić information content (AvgIpc) is 3.40. The second-order valence-corrected chi connectivity index (χ2v) is 7.99. The minimum absolute atomic E-state index is 0.00377. The highest BCUT2D eigenvalue weighted by atomic mass is 19.2. The zero-order chi connectivity index (χ0) is 17.7. The summed E-state index contributed by atoms with van der Waals surface area (Å²) in [6.45, 7) is 2.27. The van der Waals surface area contributed by atoms with Gasteiger partial charge in [-0.25, -0.2) is 0 Å². The molecule has 138 valence electrons. The number of piperidine rings is 1. The Morgan fingerprint density at radius 3 is 2.42 bits per heavy atom. The van der Waals surface area contributed by atoms with Crippen LogP contribution in [-0.2, 0) is 4.79 Å². The van der Waals surface area contributed by atoms with Crippen molar-refractivity contribution < 1.29 is 14.0 Å².